The molecule has 2 aliphatic rings. The minimum atomic E-state index is 0. The summed E-state index contributed by atoms with van der Waals surface area (Å²) in [6, 6.07) is 0. The molecule has 2 fully saturated rings. The minimum Gasteiger partial charge on any atom is -0.377 e. The minimum absolute atomic E-state index is 0. The molecule has 2 heterocycles. The fourth-order valence-corrected chi connectivity index (χ4v) is 2.24. The van der Waals surface area contributed by atoms with E-state index in [1.807, 2.05) is 0 Å². The lowest BCUT2D eigenvalue weighted by atomic mass is 9.94. The Balaban J connectivity index is 0.000000980. The second kappa shape index (κ2) is 5.10. The van der Waals surface area contributed by atoms with Crippen molar-refractivity contribution in [2.24, 2.45) is 0 Å². The molecule has 1 spiro atoms. The highest BCUT2D eigenvalue weighted by atomic mass is 16.5. The Hall–Kier alpha value is -0.120. The zero-order valence-corrected chi connectivity index (χ0v) is 8.42. The van der Waals surface area contributed by atoms with Gasteiger partial charge < -0.3 is 14.4 Å². The molecule has 3 nitrogen and oxygen atoms in total. The first-order valence-corrected chi connectivity index (χ1v) is 5.21. The van der Waals surface area contributed by atoms with Crippen LogP contribution in [0.25, 0.3) is 0 Å². The van der Waals surface area contributed by atoms with Gasteiger partial charge >= 0.3 is 0 Å². The monoisotopic (exact) mass is 201 g/mol. The molecule has 0 bridgehead atoms. The number of hydrogen-bond acceptors (Lipinski definition) is 3. The van der Waals surface area contributed by atoms with Crippen LogP contribution in [0.2, 0.25) is 0 Å². The maximum absolute atomic E-state index is 5.89. The van der Waals surface area contributed by atoms with Crippen molar-refractivity contribution in [2.75, 3.05) is 40.0 Å². The normalized spacial score (nSPS) is 34.9. The third-order valence-electron chi connectivity index (χ3n) is 2.98. The predicted octanol–water partition coefficient (Wildman–Crippen LogP) is 1.52. The van der Waals surface area contributed by atoms with Gasteiger partial charge in [-0.3, -0.25) is 0 Å². The van der Waals surface area contributed by atoms with Crippen LogP contribution in [0.1, 0.15) is 26.7 Å². The second-order valence-electron chi connectivity index (χ2n) is 4.28. The van der Waals surface area contributed by atoms with Gasteiger partial charge in [-0.2, -0.15) is 0 Å². The molecule has 84 valence electrons. The Morgan fingerprint density at radius 3 is 2.79 bits per heavy atom. The van der Waals surface area contributed by atoms with E-state index in [0.29, 0.717) is 0 Å². The fourth-order valence-electron chi connectivity index (χ4n) is 2.24. The van der Waals surface area contributed by atoms with Crippen LogP contribution >= 0.6 is 0 Å². The van der Waals surface area contributed by atoms with E-state index in [4.69, 9.17) is 9.47 Å². The topological polar surface area (TPSA) is 21.7 Å². The molecule has 0 aromatic heterocycles. The van der Waals surface area contributed by atoms with Crippen LogP contribution in [-0.4, -0.2) is 50.5 Å². The van der Waals surface area contributed by atoms with Crippen LogP contribution in [0.3, 0.4) is 0 Å². The van der Waals surface area contributed by atoms with Gasteiger partial charge in [-0.1, -0.05) is 7.43 Å². The number of likely N-dealkylation sites (N-methyl/N-ethyl adjacent to an activating group) is 1. The maximum atomic E-state index is 5.89. The van der Waals surface area contributed by atoms with Gasteiger partial charge in [0.05, 0.1) is 13.2 Å². The van der Waals surface area contributed by atoms with Gasteiger partial charge in [-0.05, 0) is 26.3 Å². The summed E-state index contributed by atoms with van der Waals surface area (Å²) in [5, 5.41) is 0. The van der Waals surface area contributed by atoms with E-state index in [-0.39, 0.29) is 13.0 Å². The van der Waals surface area contributed by atoms with Gasteiger partial charge in [0.2, 0.25) is 0 Å². The third-order valence-corrected chi connectivity index (χ3v) is 2.98. The van der Waals surface area contributed by atoms with Gasteiger partial charge in [-0.25, -0.2) is 0 Å². The highest BCUT2D eigenvalue weighted by molar-refractivity contribution is 4.87. The summed E-state index contributed by atoms with van der Waals surface area (Å²) in [5.41, 5.74) is 0.0174. The van der Waals surface area contributed by atoms with E-state index in [9.17, 15) is 0 Å². The Bertz CT molecular complexity index is 167. The third kappa shape index (κ3) is 2.69. The SMILES string of the molecule is C.CN1CCOCC2(CCCCO2)C1. The van der Waals surface area contributed by atoms with E-state index in [0.717, 1.165) is 39.3 Å². The van der Waals surface area contributed by atoms with E-state index in [1.165, 1.54) is 12.8 Å². The van der Waals surface area contributed by atoms with Gasteiger partial charge in [0.15, 0.2) is 0 Å². The molecule has 0 saturated carbocycles. The summed E-state index contributed by atoms with van der Waals surface area (Å²) in [4.78, 5) is 2.32. The zero-order valence-electron chi connectivity index (χ0n) is 8.42. The Morgan fingerprint density at radius 2 is 2.07 bits per heavy atom. The summed E-state index contributed by atoms with van der Waals surface area (Å²) in [6.45, 7) is 4.62. The molecule has 0 radical (unpaired) electrons. The van der Waals surface area contributed by atoms with Crippen molar-refractivity contribution < 1.29 is 9.47 Å². The van der Waals surface area contributed by atoms with E-state index in [1.54, 1.807) is 0 Å². The lowest BCUT2D eigenvalue weighted by Gasteiger charge is -2.37. The van der Waals surface area contributed by atoms with Crippen LogP contribution < -0.4 is 0 Å². The fraction of sp³-hybridized carbons (Fsp3) is 1.00. The number of rotatable bonds is 0. The highest BCUT2D eigenvalue weighted by Gasteiger charge is 2.36. The van der Waals surface area contributed by atoms with Crippen molar-refractivity contribution in [2.45, 2.75) is 32.3 Å². The smallest absolute Gasteiger partial charge is 0.104 e. The molecule has 1 unspecified atom stereocenters. The largest absolute Gasteiger partial charge is 0.377 e. The Labute approximate surface area is 87.4 Å². The summed E-state index contributed by atoms with van der Waals surface area (Å²) in [6.07, 6.45) is 3.67. The number of ether oxygens (including phenoxy) is 2. The molecule has 0 aromatic carbocycles. The average Bonchev–Trinajstić information content (AvgIpc) is 2.29. The zero-order chi connectivity index (χ0) is 9.15. The van der Waals surface area contributed by atoms with Crippen LogP contribution in [0.5, 0.6) is 0 Å². The molecule has 2 rings (SSSR count). The van der Waals surface area contributed by atoms with Gasteiger partial charge in [-0.15, -0.1) is 0 Å². The van der Waals surface area contributed by atoms with Crippen molar-refractivity contribution in [3.05, 3.63) is 0 Å². The van der Waals surface area contributed by atoms with E-state index < -0.39 is 0 Å². The van der Waals surface area contributed by atoms with Crippen molar-refractivity contribution >= 4 is 0 Å². The summed E-state index contributed by atoms with van der Waals surface area (Å²) in [7, 11) is 2.15. The van der Waals surface area contributed by atoms with Crippen LogP contribution in [0.4, 0.5) is 0 Å². The molecular weight excluding hydrogens is 178 g/mol. The molecule has 3 heteroatoms. The summed E-state index contributed by atoms with van der Waals surface area (Å²) >= 11 is 0. The lowest BCUT2D eigenvalue weighted by Crippen LogP contribution is -2.47. The Morgan fingerprint density at radius 1 is 1.21 bits per heavy atom. The predicted molar refractivity (Wildman–Crippen MR) is 57.6 cm³/mol. The van der Waals surface area contributed by atoms with Crippen LogP contribution in [-0.2, 0) is 9.47 Å². The van der Waals surface area contributed by atoms with Crippen molar-refractivity contribution in [1.29, 1.82) is 0 Å². The van der Waals surface area contributed by atoms with E-state index in [2.05, 4.69) is 11.9 Å². The molecular formula is C11H23NO2. The summed E-state index contributed by atoms with van der Waals surface area (Å²) < 4.78 is 11.5. The second-order valence-corrected chi connectivity index (χ2v) is 4.28. The van der Waals surface area contributed by atoms with Crippen molar-refractivity contribution in [3.63, 3.8) is 0 Å². The molecule has 1 atom stereocenters. The van der Waals surface area contributed by atoms with E-state index >= 15 is 0 Å². The quantitative estimate of drug-likeness (QED) is 0.593. The summed E-state index contributed by atoms with van der Waals surface area (Å²) in [5.74, 6) is 0. The number of nitrogens with zero attached hydrogens (tertiary/aromatic N) is 1. The van der Waals surface area contributed by atoms with Crippen LogP contribution in [0, 0.1) is 0 Å². The molecule has 0 aliphatic carbocycles. The maximum Gasteiger partial charge on any atom is 0.104 e. The average molecular weight is 201 g/mol. The van der Waals surface area contributed by atoms with Gasteiger partial charge in [0.25, 0.3) is 0 Å². The first-order valence-electron chi connectivity index (χ1n) is 5.21. The highest BCUT2D eigenvalue weighted by Crippen LogP contribution is 2.27. The van der Waals surface area contributed by atoms with Gasteiger partial charge in [0.1, 0.15) is 5.60 Å². The van der Waals surface area contributed by atoms with Crippen molar-refractivity contribution in [1.82, 2.24) is 4.90 Å². The molecule has 0 aromatic rings. The Kier molecular flexibility index (Phi) is 4.35. The standard InChI is InChI=1S/C10H19NO2.CH4/c1-11-5-7-12-9-10(8-11)4-2-3-6-13-10;/h2-9H2,1H3;1H4. The number of hydrogen-bond donors (Lipinski definition) is 0. The molecule has 2 saturated heterocycles. The van der Waals surface area contributed by atoms with Crippen molar-refractivity contribution in [3.8, 4) is 0 Å². The molecule has 2 aliphatic heterocycles. The molecule has 0 N–H and O–H groups in total. The molecule has 0 amide bonds. The first kappa shape index (κ1) is 12.0. The van der Waals surface area contributed by atoms with Crippen LogP contribution in [0.15, 0.2) is 0 Å². The first-order chi connectivity index (χ1) is 6.31. The van der Waals surface area contributed by atoms with Gasteiger partial charge in [0, 0.05) is 19.7 Å². The lowest BCUT2D eigenvalue weighted by molar-refractivity contribution is -0.117. The molecule has 14 heavy (non-hydrogen) atoms.